The molecule has 4 aromatic rings. The predicted octanol–water partition coefficient (Wildman–Crippen LogP) is 6.97. The molecular weight excluding hydrogens is 424 g/mol. The average molecular weight is 451 g/mol. The molecule has 33 heavy (non-hydrogen) atoms. The van der Waals surface area contributed by atoms with Crippen molar-refractivity contribution in [3.05, 3.63) is 153 Å². The molecule has 0 spiro atoms. The molecule has 0 N–H and O–H groups in total. The smallest absolute Gasteiger partial charge is 0.199 e. The van der Waals surface area contributed by atoms with Gasteiger partial charge in [0, 0.05) is 12.8 Å². The summed E-state index contributed by atoms with van der Waals surface area (Å²) in [6.07, 6.45) is 4.26. The lowest BCUT2D eigenvalue weighted by Crippen LogP contribution is -2.12. The normalized spacial score (nSPS) is 12.5. The van der Waals surface area contributed by atoms with Crippen LogP contribution in [0, 0.1) is 0 Å². The molecule has 0 aliphatic rings. The second kappa shape index (κ2) is 10.8. The molecule has 164 valence electrons. The van der Waals surface area contributed by atoms with Gasteiger partial charge in [-0.3, -0.25) is 0 Å². The Hall–Kier alpha value is -3.69. The van der Waals surface area contributed by atoms with Crippen molar-refractivity contribution >= 4 is 22.0 Å². The highest BCUT2D eigenvalue weighted by molar-refractivity contribution is 7.99. The first-order chi connectivity index (χ1) is 16.1. The van der Waals surface area contributed by atoms with Crippen molar-refractivity contribution in [2.75, 3.05) is 0 Å². The van der Waals surface area contributed by atoms with Crippen molar-refractivity contribution in [1.29, 1.82) is 0 Å². The molecule has 0 radical (unpaired) electrons. The molecule has 0 atom stereocenters. The van der Waals surface area contributed by atoms with Gasteiger partial charge in [-0.1, -0.05) is 121 Å². The van der Waals surface area contributed by atoms with E-state index in [0.717, 1.165) is 22.3 Å². The number of benzene rings is 4. The largest absolute Gasteiger partial charge is 0.219 e. The van der Waals surface area contributed by atoms with Crippen molar-refractivity contribution < 1.29 is 8.42 Å². The molecule has 0 saturated heterocycles. The maximum atomic E-state index is 14.1. The monoisotopic (exact) mass is 450 g/mol. The fourth-order valence-corrected chi connectivity index (χ4v) is 5.31. The van der Waals surface area contributed by atoms with E-state index in [2.05, 4.69) is 0 Å². The summed E-state index contributed by atoms with van der Waals surface area (Å²) in [6, 6.07) is 38.7. The molecule has 0 heterocycles. The molecule has 0 bridgehead atoms. The second-order valence-electron chi connectivity index (χ2n) is 7.87. The van der Waals surface area contributed by atoms with Gasteiger partial charge in [-0.15, -0.1) is 0 Å². The minimum atomic E-state index is -3.73. The molecule has 0 amide bonds. The Labute approximate surface area is 196 Å². The van der Waals surface area contributed by atoms with Crippen LogP contribution in [-0.4, -0.2) is 8.42 Å². The van der Waals surface area contributed by atoms with E-state index >= 15 is 0 Å². The van der Waals surface area contributed by atoms with E-state index in [4.69, 9.17) is 0 Å². The van der Waals surface area contributed by atoms with Gasteiger partial charge >= 0.3 is 0 Å². The van der Waals surface area contributed by atoms with Crippen molar-refractivity contribution in [2.45, 2.75) is 12.8 Å². The first-order valence-electron chi connectivity index (χ1n) is 11.0. The van der Waals surface area contributed by atoms with E-state index in [9.17, 15) is 8.42 Å². The van der Waals surface area contributed by atoms with Crippen LogP contribution < -0.4 is 0 Å². The Balaban J connectivity index is 1.82. The van der Waals surface area contributed by atoms with Crippen LogP contribution >= 0.6 is 0 Å². The Kier molecular flexibility index (Phi) is 7.33. The van der Waals surface area contributed by atoms with Crippen LogP contribution in [0.4, 0.5) is 0 Å². The third-order valence-electron chi connectivity index (χ3n) is 5.39. The van der Waals surface area contributed by atoms with Crippen molar-refractivity contribution in [2.24, 2.45) is 0 Å². The van der Waals surface area contributed by atoms with Crippen molar-refractivity contribution in [3.8, 4) is 0 Å². The van der Waals surface area contributed by atoms with Crippen LogP contribution in [0.15, 0.2) is 131 Å². The summed E-state index contributed by atoms with van der Waals surface area (Å²) in [5, 5.41) is 0. The van der Waals surface area contributed by atoms with Crippen LogP contribution in [0.3, 0.4) is 0 Å². The molecule has 0 aromatic heterocycles. The zero-order valence-corrected chi connectivity index (χ0v) is 19.2. The van der Waals surface area contributed by atoms with Gasteiger partial charge < -0.3 is 0 Å². The molecule has 0 aliphatic heterocycles. The summed E-state index contributed by atoms with van der Waals surface area (Å²) >= 11 is 0. The Morgan fingerprint density at radius 3 is 1.12 bits per heavy atom. The number of hydrogen-bond donors (Lipinski definition) is 0. The zero-order valence-electron chi connectivity index (χ0n) is 18.3. The average Bonchev–Trinajstić information content (AvgIpc) is 2.86. The van der Waals surface area contributed by atoms with E-state index in [0.29, 0.717) is 22.7 Å². The predicted molar refractivity (Wildman–Crippen MR) is 138 cm³/mol. The Morgan fingerprint density at radius 2 is 0.788 bits per heavy atom. The van der Waals surface area contributed by atoms with Gasteiger partial charge in [0.1, 0.15) is 0 Å². The number of allylic oxidation sites excluding steroid dienone is 2. The molecule has 0 unspecified atom stereocenters. The Morgan fingerprint density at radius 1 is 0.485 bits per heavy atom. The highest BCUT2D eigenvalue weighted by atomic mass is 32.2. The highest BCUT2D eigenvalue weighted by Gasteiger charge is 2.24. The zero-order chi connectivity index (χ0) is 22.9. The number of sulfone groups is 1. The topological polar surface area (TPSA) is 34.1 Å². The summed E-state index contributed by atoms with van der Waals surface area (Å²) in [5.74, 6) is 0. The second-order valence-corrected chi connectivity index (χ2v) is 9.93. The van der Waals surface area contributed by atoms with Gasteiger partial charge in [-0.25, -0.2) is 8.42 Å². The SMILES string of the molecule is O=S(=O)(/C(=C\c1ccccc1)Cc1ccccc1)/C(=C\c1ccccc1)Cc1ccccc1. The van der Waals surface area contributed by atoms with Crippen LogP contribution in [0.1, 0.15) is 22.3 Å². The van der Waals surface area contributed by atoms with Crippen LogP contribution in [0.2, 0.25) is 0 Å². The van der Waals surface area contributed by atoms with Gasteiger partial charge in [0.25, 0.3) is 0 Å². The summed E-state index contributed by atoms with van der Waals surface area (Å²) in [7, 11) is -3.73. The minimum Gasteiger partial charge on any atom is -0.219 e. The number of hydrogen-bond acceptors (Lipinski definition) is 2. The van der Waals surface area contributed by atoms with E-state index in [1.807, 2.05) is 121 Å². The van der Waals surface area contributed by atoms with Gasteiger partial charge in [0.15, 0.2) is 9.84 Å². The molecule has 3 heteroatoms. The van der Waals surface area contributed by atoms with Crippen LogP contribution in [0.25, 0.3) is 12.2 Å². The molecular formula is C30H26O2S. The Bertz CT molecular complexity index is 1220. The van der Waals surface area contributed by atoms with Gasteiger partial charge in [-0.2, -0.15) is 0 Å². The summed E-state index contributed by atoms with van der Waals surface area (Å²) in [5.41, 5.74) is 3.65. The number of rotatable bonds is 8. The lowest BCUT2D eigenvalue weighted by atomic mass is 10.1. The quantitative estimate of drug-likeness (QED) is 0.290. The van der Waals surface area contributed by atoms with Crippen molar-refractivity contribution in [1.82, 2.24) is 0 Å². The molecule has 2 nitrogen and oxygen atoms in total. The van der Waals surface area contributed by atoms with Gasteiger partial charge in [0.05, 0.1) is 9.81 Å². The van der Waals surface area contributed by atoms with Crippen LogP contribution in [0.5, 0.6) is 0 Å². The van der Waals surface area contributed by atoms with Crippen molar-refractivity contribution in [3.63, 3.8) is 0 Å². The lowest BCUT2D eigenvalue weighted by molar-refractivity contribution is 0.606. The molecule has 0 fully saturated rings. The van der Waals surface area contributed by atoms with Crippen LogP contribution in [-0.2, 0) is 22.7 Å². The molecule has 0 aliphatic carbocycles. The standard InChI is InChI=1S/C30H26O2S/c31-33(32,29(21-25-13-5-1-6-14-25)22-26-15-7-2-8-16-26)30(23-27-17-9-3-10-18-27)24-28-19-11-4-12-20-28/h1-21,23H,22,24H2/b29-21-,30-23-. The highest BCUT2D eigenvalue weighted by Crippen LogP contribution is 2.28. The molecule has 4 rings (SSSR count). The third kappa shape index (κ3) is 6.18. The van der Waals surface area contributed by atoms with E-state index < -0.39 is 9.84 Å². The first kappa shape index (κ1) is 22.5. The van der Waals surface area contributed by atoms with Gasteiger partial charge in [-0.05, 0) is 34.4 Å². The minimum absolute atomic E-state index is 0.332. The fourth-order valence-electron chi connectivity index (χ4n) is 3.68. The third-order valence-corrected chi connectivity index (χ3v) is 7.29. The first-order valence-corrected chi connectivity index (χ1v) is 12.4. The lowest BCUT2D eigenvalue weighted by Gasteiger charge is -2.14. The van der Waals surface area contributed by atoms with E-state index in [-0.39, 0.29) is 0 Å². The van der Waals surface area contributed by atoms with E-state index in [1.165, 1.54) is 0 Å². The van der Waals surface area contributed by atoms with Gasteiger partial charge in [0.2, 0.25) is 0 Å². The van der Waals surface area contributed by atoms with E-state index in [1.54, 1.807) is 12.2 Å². The summed E-state index contributed by atoms with van der Waals surface area (Å²) in [6.45, 7) is 0. The summed E-state index contributed by atoms with van der Waals surface area (Å²) in [4.78, 5) is 0.774. The molecule has 0 saturated carbocycles. The maximum absolute atomic E-state index is 14.1. The molecule has 4 aromatic carbocycles. The fraction of sp³-hybridized carbons (Fsp3) is 0.0667. The maximum Gasteiger partial charge on any atom is 0.199 e. The summed E-state index contributed by atoms with van der Waals surface area (Å²) < 4.78 is 28.2.